The van der Waals surface area contributed by atoms with E-state index < -0.39 is 17.7 Å². The van der Waals surface area contributed by atoms with Crippen LogP contribution in [-0.2, 0) is 4.74 Å². The highest BCUT2D eigenvalue weighted by molar-refractivity contribution is 5.23. The van der Waals surface area contributed by atoms with Gasteiger partial charge in [0.05, 0.1) is 6.04 Å². The van der Waals surface area contributed by atoms with Crippen molar-refractivity contribution in [1.82, 2.24) is 5.43 Å². The summed E-state index contributed by atoms with van der Waals surface area (Å²) in [5, 5.41) is 0. The topological polar surface area (TPSA) is 47.3 Å². The third kappa shape index (κ3) is 3.46. The second-order valence-electron chi connectivity index (χ2n) is 4.04. The lowest BCUT2D eigenvalue weighted by molar-refractivity contribution is 0.169. The Morgan fingerprint density at radius 3 is 2.41 bits per heavy atom. The number of rotatable bonds is 6. The quantitative estimate of drug-likeness (QED) is 0.595. The summed E-state index contributed by atoms with van der Waals surface area (Å²) < 4.78 is 32.2. The molecule has 3 nitrogen and oxygen atoms in total. The number of hydrogen-bond acceptors (Lipinski definition) is 3. The lowest BCUT2D eigenvalue weighted by Gasteiger charge is -2.24. The zero-order valence-electron chi connectivity index (χ0n) is 10.0. The van der Waals surface area contributed by atoms with Crippen LogP contribution in [0.3, 0.4) is 0 Å². The molecular weight excluding hydrogens is 226 g/mol. The lowest BCUT2D eigenvalue weighted by Crippen LogP contribution is -2.34. The lowest BCUT2D eigenvalue weighted by atomic mass is 9.92. The van der Waals surface area contributed by atoms with E-state index in [0.717, 1.165) is 0 Å². The van der Waals surface area contributed by atoms with E-state index in [1.165, 1.54) is 18.2 Å². The van der Waals surface area contributed by atoms with Gasteiger partial charge in [-0.1, -0.05) is 13.0 Å². The largest absolute Gasteiger partial charge is 0.385 e. The first-order valence-electron chi connectivity index (χ1n) is 5.50. The van der Waals surface area contributed by atoms with E-state index in [1.807, 2.05) is 6.92 Å². The summed E-state index contributed by atoms with van der Waals surface area (Å²) in [4.78, 5) is 0. The number of ether oxygens (including phenoxy) is 1. The van der Waals surface area contributed by atoms with Gasteiger partial charge in [-0.05, 0) is 24.5 Å². The van der Waals surface area contributed by atoms with Gasteiger partial charge < -0.3 is 4.74 Å². The molecule has 0 aliphatic heterocycles. The van der Waals surface area contributed by atoms with E-state index in [2.05, 4.69) is 5.43 Å². The molecule has 3 N–H and O–H groups in total. The Balaban J connectivity index is 2.93. The Morgan fingerprint density at radius 2 is 1.94 bits per heavy atom. The van der Waals surface area contributed by atoms with Crippen LogP contribution in [0.4, 0.5) is 8.78 Å². The zero-order chi connectivity index (χ0) is 12.8. The third-order valence-corrected chi connectivity index (χ3v) is 2.84. The Kier molecular flexibility index (Phi) is 5.47. The molecule has 0 radical (unpaired) electrons. The molecule has 2 unspecified atom stereocenters. The smallest absolute Gasteiger partial charge is 0.130 e. The van der Waals surface area contributed by atoms with Crippen LogP contribution in [0.15, 0.2) is 18.2 Å². The van der Waals surface area contributed by atoms with Gasteiger partial charge in [0, 0.05) is 19.3 Å². The minimum absolute atomic E-state index is 0.0152. The molecule has 0 saturated heterocycles. The van der Waals surface area contributed by atoms with Gasteiger partial charge in [-0.15, -0.1) is 0 Å². The van der Waals surface area contributed by atoms with Crippen molar-refractivity contribution < 1.29 is 13.5 Å². The van der Waals surface area contributed by atoms with E-state index >= 15 is 0 Å². The van der Waals surface area contributed by atoms with Crippen molar-refractivity contribution in [1.29, 1.82) is 0 Å². The fourth-order valence-electron chi connectivity index (χ4n) is 1.81. The van der Waals surface area contributed by atoms with Gasteiger partial charge in [0.2, 0.25) is 0 Å². The van der Waals surface area contributed by atoms with Gasteiger partial charge in [-0.2, -0.15) is 0 Å². The van der Waals surface area contributed by atoms with Crippen molar-refractivity contribution >= 4 is 0 Å². The molecule has 0 saturated carbocycles. The molecule has 0 amide bonds. The van der Waals surface area contributed by atoms with Crippen LogP contribution in [0, 0.1) is 17.6 Å². The number of nitrogens with one attached hydrogen (secondary N) is 1. The first-order valence-corrected chi connectivity index (χ1v) is 5.50. The molecule has 1 rings (SSSR count). The van der Waals surface area contributed by atoms with E-state index in [0.29, 0.717) is 13.0 Å². The second kappa shape index (κ2) is 6.64. The number of benzene rings is 1. The van der Waals surface area contributed by atoms with Crippen LogP contribution in [0.1, 0.15) is 24.9 Å². The Bertz CT molecular complexity index is 340. The fraction of sp³-hybridized carbons (Fsp3) is 0.500. The van der Waals surface area contributed by atoms with Crippen LogP contribution < -0.4 is 11.3 Å². The second-order valence-corrected chi connectivity index (χ2v) is 4.04. The van der Waals surface area contributed by atoms with Crippen LogP contribution in [-0.4, -0.2) is 13.7 Å². The minimum Gasteiger partial charge on any atom is -0.385 e. The van der Waals surface area contributed by atoms with Crippen LogP contribution >= 0.6 is 0 Å². The summed E-state index contributed by atoms with van der Waals surface area (Å²) in [7, 11) is 1.58. The summed E-state index contributed by atoms with van der Waals surface area (Å²) in [5.41, 5.74) is 2.46. The Labute approximate surface area is 99.9 Å². The molecular formula is C12H18F2N2O. The maximum atomic E-state index is 13.6. The Morgan fingerprint density at radius 1 is 1.35 bits per heavy atom. The van der Waals surface area contributed by atoms with Gasteiger partial charge in [-0.3, -0.25) is 11.3 Å². The predicted octanol–water partition coefficient (Wildman–Crippen LogP) is 2.14. The first-order chi connectivity index (χ1) is 8.11. The van der Waals surface area contributed by atoms with Gasteiger partial charge in [0.1, 0.15) is 11.6 Å². The molecule has 96 valence electrons. The summed E-state index contributed by atoms with van der Waals surface area (Å²) in [5.74, 6) is 4.18. The Hall–Kier alpha value is -1.04. The van der Waals surface area contributed by atoms with E-state index in [9.17, 15) is 8.78 Å². The van der Waals surface area contributed by atoms with Gasteiger partial charge >= 0.3 is 0 Å². The highest BCUT2D eigenvalue weighted by Crippen LogP contribution is 2.28. The molecule has 0 aliphatic carbocycles. The molecule has 0 spiro atoms. The zero-order valence-corrected chi connectivity index (χ0v) is 10.0. The molecule has 2 atom stereocenters. The SMILES string of the molecule is COCCC(C)C(NN)c1c(F)cccc1F. The average molecular weight is 244 g/mol. The first kappa shape index (κ1) is 14.0. The van der Waals surface area contributed by atoms with Crippen molar-refractivity contribution in [3.05, 3.63) is 35.4 Å². The maximum Gasteiger partial charge on any atom is 0.130 e. The maximum absolute atomic E-state index is 13.6. The summed E-state index contributed by atoms with van der Waals surface area (Å²) in [6.07, 6.45) is 0.666. The van der Waals surface area contributed by atoms with Crippen LogP contribution in [0.5, 0.6) is 0 Å². The fourth-order valence-corrected chi connectivity index (χ4v) is 1.81. The van der Waals surface area contributed by atoms with Crippen molar-refractivity contribution in [2.24, 2.45) is 11.8 Å². The monoisotopic (exact) mass is 244 g/mol. The number of hydrogen-bond donors (Lipinski definition) is 2. The number of hydrazine groups is 1. The highest BCUT2D eigenvalue weighted by atomic mass is 19.1. The summed E-state index contributed by atoms with van der Waals surface area (Å²) in [6, 6.07) is 3.23. The summed E-state index contributed by atoms with van der Waals surface area (Å²) in [6.45, 7) is 2.39. The standard InChI is InChI=1S/C12H18F2N2O/c1-8(6-7-17-2)12(16-15)11-9(13)4-3-5-10(11)14/h3-5,8,12,16H,6-7,15H2,1-2H3. The van der Waals surface area contributed by atoms with Crippen LogP contribution in [0.2, 0.25) is 0 Å². The number of halogens is 2. The van der Waals surface area contributed by atoms with Gasteiger partial charge in [-0.25, -0.2) is 8.78 Å². The molecule has 0 fully saturated rings. The molecule has 17 heavy (non-hydrogen) atoms. The van der Waals surface area contributed by atoms with E-state index in [1.54, 1.807) is 7.11 Å². The molecule has 0 aliphatic rings. The molecule has 1 aromatic rings. The van der Waals surface area contributed by atoms with Crippen LogP contribution in [0.25, 0.3) is 0 Å². The number of methoxy groups -OCH3 is 1. The average Bonchev–Trinajstić information content (AvgIpc) is 2.31. The predicted molar refractivity (Wildman–Crippen MR) is 62.1 cm³/mol. The van der Waals surface area contributed by atoms with E-state index in [-0.39, 0.29) is 11.5 Å². The van der Waals surface area contributed by atoms with Crippen molar-refractivity contribution in [3.63, 3.8) is 0 Å². The van der Waals surface area contributed by atoms with E-state index in [4.69, 9.17) is 10.6 Å². The molecule has 1 aromatic carbocycles. The van der Waals surface area contributed by atoms with Gasteiger partial charge in [0.15, 0.2) is 0 Å². The third-order valence-electron chi connectivity index (χ3n) is 2.84. The van der Waals surface area contributed by atoms with Crippen molar-refractivity contribution in [2.45, 2.75) is 19.4 Å². The molecule has 0 bridgehead atoms. The molecule has 0 heterocycles. The molecule has 0 aromatic heterocycles. The number of nitrogens with two attached hydrogens (primary N) is 1. The van der Waals surface area contributed by atoms with Crippen molar-refractivity contribution in [3.8, 4) is 0 Å². The highest BCUT2D eigenvalue weighted by Gasteiger charge is 2.24. The molecule has 5 heteroatoms. The normalized spacial score (nSPS) is 14.6. The minimum atomic E-state index is -0.586. The van der Waals surface area contributed by atoms with Gasteiger partial charge in [0.25, 0.3) is 0 Å². The van der Waals surface area contributed by atoms with Crippen molar-refractivity contribution in [2.75, 3.05) is 13.7 Å². The summed E-state index contributed by atoms with van der Waals surface area (Å²) >= 11 is 0.